The number of para-hydroxylation sites is 1. The van der Waals surface area contributed by atoms with Crippen molar-refractivity contribution < 1.29 is 28.2 Å². The molecule has 6 nitrogen and oxygen atoms in total. The monoisotopic (exact) mass is 371 g/mol. The summed E-state index contributed by atoms with van der Waals surface area (Å²) in [6.07, 6.45) is -0.0684. The summed E-state index contributed by atoms with van der Waals surface area (Å²) in [6, 6.07) is 10.4. The van der Waals surface area contributed by atoms with Crippen LogP contribution >= 0.6 is 0 Å². The van der Waals surface area contributed by atoms with Gasteiger partial charge in [0.05, 0.1) is 18.7 Å². The van der Waals surface area contributed by atoms with Crippen LogP contribution in [0.4, 0.5) is 10.1 Å². The van der Waals surface area contributed by atoms with Crippen LogP contribution in [0.2, 0.25) is 0 Å². The standard InChI is InChI=1S/C20H18FNO5/c1-12(23)13-7-8-17(18(9-13)26-2)27-20(25)14-10-19(24)22(11-14)16-6-4-3-5-15(16)21/h3-9,14H,10-11H2,1-2H3. The number of methoxy groups -OCH3 is 1. The van der Waals surface area contributed by atoms with Gasteiger partial charge < -0.3 is 14.4 Å². The summed E-state index contributed by atoms with van der Waals surface area (Å²) in [4.78, 5) is 37.4. The smallest absolute Gasteiger partial charge is 0.316 e. The molecule has 2 aromatic carbocycles. The van der Waals surface area contributed by atoms with E-state index < -0.39 is 17.7 Å². The van der Waals surface area contributed by atoms with Gasteiger partial charge in [0, 0.05) is 18.5 Å². The van der Waals surface area contributed by atoms with Crippen LogP contribution in [-0.2, 0) is 9.59 Å². The number of anilines is 1. The van der Waals surface area contributed by atoms with Gasteiger partial charge in [-0.25, -0.2) is 4.39 Å². The molecule has 7 heteroatoms. The zero-order valence-electron chi connectivity index (χ0n) is 14.9. The van der Waals surface area contributed by atoms with Crippen molar-refractivity contribution in [3.05, 3.63) is 53.8 Å². The Bertz CT molecular complexity index is 911. The van der Waals surface area contributed by atoms with E-state index in [1.54, 1.807) is 6.07 Å². The topological polar surface area (TPSA) is 72.9 Å². The Kier molecular flexibility index (Phi) is 5.21. The Morgan fingerprint density at radius 3 is 2.56 bits per heavy atom. The molecule has 1 fully saturated rings. The van der Waals surface area contributed by atoms with E-state index in [1.165, 1.54) is 55.3 Å². The van der Waals surface area contributed by atoms with Crippen molar-refractivity contribution in [1.29, 1.82) is 0 Å². The summed E-state index contributed by atoms with van der Waals surface area (Å²) in [7, 11) is 1.40. The molecule has 0 aliphatic carbocycles. The lowest BCUT2D eigenvalue weighted by Crippen LogP contribution is -2.28. The van der Waals surface area contributed by atoms with Crippen LogP contribution in [0.15, 0.2) is 42.5 Å². The first-order chi connectivity index (χ1) is 12.9. The van der Waals surface area contributed by atoms with Crippen molar-refractivity contribution in [1.82, 2.24) is 0 Å². The van der Waals surface area contributed by atoms with Crippen molar-refractivity contribution in [2.24, 2.45) is 5.92 Å². The van der Waals surface area contributed by atoms with Crippen molar-refractivity contribution in [2.45, 2.75) is 13.3 Å². The van der Waals surface area contributed by atoms with Crippen molar-refractivity contribution in [3.8, 4) is 11.5 Å². The van der Waals surface area contributed by atoms with Crippen LogP contribution in [0.5, 0.6) is 11.5 Å². The van der Waals surface area contributed by atoms with Crippen LogP contribution in [0.25, 0.3) is 0 Å². The van der Waals surface area contributed by atoms with Gasteiger partial charge in [0.1, 0.15) is 5.82 Å². The Morgan fingerprint density at radius 1 is 1.15 bits per heavy atom. The summed E-state index contributed by atoms with van der Waals surface area (Å²) in [6.45, 7) is 1.45. The largest absolute Gasteiger partial charge is 0.493 e. The van der Waals surface area contributed by atoms with Crippen molar-refractivity contribution >= 4 is 23.3 Å². The molecule has 1 heterocycles. The molecular formula is C20H18FNO5. The lowest BCUT2D eigenvalue weighted by molar-refractivity contribution is -0.139. The number of hydrogen-bond acceptors (Lipinski definition) is 5. The van der Waals surface area contributed by atoms with E-state index in [1.807, 2.05) is 0 Å². The molecule has 1 aliphatic rings. The Balaban J connectivity index is 1.75. The number of esters is 1. The molecule has 1 aliphatic heterocycles. The number of nitrogens with zero attached hydrogens (tertiary/aromatic N) is 1. The molecule has 1 unspecified atom stereocenters. The Hall–Kier alpha value is -3.22. The van der Waals surface area contributed by atoms with Gasteiger partial charge in [-0.1, -0.05) is 12.1 Å². The average Bonchev–Trinajstić information content (AvgIpc) is 3.04. The summed E-state index contributed by atoms with van der Waals surface area (Å²) in [5, 5.41) is 0. The second kappa shape index (κ2) is 7.57. The van der Waals surface area contributed by atoms with Crippen LogP contribution in [0.1, 0.15) is 23.7 Å². The van der Waals surface area contributed by atoms with Gasteiger partial charge in [-0.15, -0.1) is 0 Å². The zero-order valence-corrected chi connectivity index (χ0v) is 14.9. The molecule has 0 saturated carbocycles. The fourth-order valence-corrected chi connectivity index (χ4v) is 2.93. The summed E-state index contributed by atoms with van der Waals surface area (Å²) in [5.41, 5.74) is 0.564. The average molecular weight is 371 g/mol. The molecule has 3 rings (SSSR count). The SMILES string of the molecule is COc1cc(C(C)=O)ccc1OC(=O)C1CC(=O)N(c2ccccc2F)C1. The third-order valence-corrected chi connectivity index (χ3v) is 4.38. The van der Waals surface area contributed by atoms with Gasteiger partial charge in [-0.05, 0) is 37.3 Å². The van der Waals surface area contributed by atoms with Crippen LogP contribution in [0, 0.1) is 11.7 Å². The lowest BCUT2D eigenvalue weighted by atomic mass is 10.1. The molecule has 1 atom stereocenters. The number of carbonyl (C=O) groups excluding carboxylic acids is 3. The van der Waals surface area contributed by atoms with Crippen LogP contribution in [-0.4, -0.2) is 31.3 Å². The highest BCUT2D eigenvalue weighted by Crippen LogP contribution is 2.32. The maximum Gasteiger partial charge on any atom is 0.316 e. The first-order valence-corrected chi connectivity index (χ1v) is 8.36. The maximum absolute atomic E-state index is 13.9. The van der Waals surface area contributed by atoms with Gasteiger partial charge in [0.25, 0.3) is 0 Å². The van der Waals surface area contributed by atoms with E-state index in [9.17, 15) is 18.8 Å². The van der Waals surface area contributed by atoms with E-state index in [4.69, 9.17) is 9.47 Å². The first-order valence-electron chi connectivity index (χ1n) is 8.36. The quantitative estimate of drug-likeness (QED) is 0.459. The fourth-order valence-electron chi connectivity index (χ4n) is 2.93. The summed E-state index contributed by atoms with van der Waals surface area (Å²) < 4.78 is 24.5. The van der Waals surface area contributed by atoms with Crippen molar-refractivity contribution in [3.63, 3.8) is 0 Å². The van der Waals surface area contributed by atoms with E-state index in [0.717, 1.165) is 0 Å². The number of ketones is 1. The molecule has 0 N–H and O–H groups in total. The van der Waals surface area contributed by atoms with Gasteiger partial charge in [0.15, 0.2) is 17.3 Å². The molecule has 1 amide bonds. The number of ether oxygens (including phenoxy) is 2. The Morgan fingerprint density at radius 2 is 1.89 bits per heavy atom. The zero-order chi connectivity index (χ0) is 19.6. The number of benzene rings is 2. The van der Waals surface area contributed by atoms with E-state index in [-0.39, 0.29) is 41.8 Å². The minimum Gasteiger partial charge on any atom is -0.493 e. The number of rotatable bonds is 5. The number of halogens is 1. The fraction of sp³-hybridized carbons (Fsp3) is 0.250. The van der Waals surface area contributed by atoms with Gasteiger partial charge in [-0.3, -0.25) is 14.4 Å². The van der Waals surface area contributed by atoms with Crippen LogP contribution < -0.4 is 14.4 Å². The van der Waals surface area contributed by atoms with Crippen LogP contribution in [0.3, 0.4) is 0 Å². The predicted octanol–water partition coefficient (Wildman–Crippen LogP) is 3.00. The predicted molar refractivity (Wildman–Crippen MR) is 95.5 cm³/mol. The summed E-state index contributed by atoms with van der Waals surface area (Å²) in [5.74, 6) is -1.96. The third-order valence-electron chi connectivity index (χ3n) is 4.38. The number of amides is 1. The molecule has 2 aromatic rings. The highest BCUT2D eigenvalue weighted by atomic mass is 19.1. The molecule has 1 saturated heterocycles. The van der Waals surface area contributed by atoms with E-state index in [0.29, 0.717) is 5.56 Å². The molecule has 0 aromatic heterocycles. The highest BCUT2D eigenvalue weighted by Gasteiger charge is 2.37. The lowest BCUT2D eigenvalue weighted by Gasteiger charge is -2.17. The number of Topliss-reactive ketones (excluding diaryl/α,β-unsaturated/α-hetero) is 1. The molecule has 140 valence electrons. The molecule has 0 bridgehead atoms. The molecular weight excluding hydrogens is 353 g/mol. The van der Waals surface area contributed by atoms with Crippen molar-refractivity contribution in [2.75, 3.05) is 18.6 Å². The summed E-state index contributed by atoms with van der Waals surface area (Å²) >= 11 is 0. The first kappa shape index (κ1) is 18.6. The number of carbonyl (C=O) groups is 3. The Labute approximate surface area is 155 Å². The minimum atomic E-state index is -0.728. The molecule has 0 radical (unpaired) electrons. The molecule has 0 spiro atoms. The molecule has 27 heavy (non-hydrogen) atoms. The third kappa shape index (κ3) is 3.81. The minimum absolute atomic E-state index is 0.0342. The maximum atomic E-state index is 13.9. The normalized spacial score (nSPS) is 16.3. The van der Waals surface area contributed by atoms with Gasteiger partial charge in [-0.2, -0.15) is 0 Å². The van der Waals surface area contributed by atoms with E-state index >= 15 is 0 Å². The van der Waals surface area contributed by atoms with E-state index in [2.05, 4.69) is 0 Å². The highest BCUT2D eigenvalue weighted by molar-refractivity contribution is 6.00. The number of hydrogen-bond donors (Lipinski definition) is 0. The van der Waals surface area contributed by atoms with Gasteiger partial charge in [0.2, 0.25) is 5.91 Å². The second-order valence-electron chi connectivity index (χ2n) is 6.20. The van der Waals surface area contributed by atoms with Gasteiger partial charge >= 0.3 is 5.97 Å². The second-order valence-corrected chi connectivity index (χ2v) is 6.20.